The van der Waals surface area contributed by atoms with Gasteiger partial charge in [0.2, 0.25) is 7.37 Å². The Morgan fingerprint density at radius 3 is 2.50 bits per heavy atom. The van der Waals surface area contributed by atoms with Gasteiger partial charge in [0.15, 0.2) is 5.75 Å². The molecule has 0 fully saturated rings. The molecule has 3 N–H and O–H groups in total. The predicted octanol–water partition coefficient (Wildman–Crippen LogP) is 2.93. The fourth-order valence-electron chi connectivity index (χ4n) is 2.81. The SMILES string of the molecule is COC(=O)C(CCP(=O)(O)Cc1ccc(O)c([N+](=O)[O-])c1)NC(=O)OCc1ccccc1. The van der Waals surface area contributed by atoms with E-state index in [1.54, 1.807) is 30.3 Å². The van der Waals surface area contributed by atoms with Crippen molar-refractivity contribution in [1.29, 1.82) is 0 Å². The monoisotopic (exact) mass is 466 g/mol. The average Bonchev–Trinajstić information content (AvgIpc) is 2.76. The van der Waals surface area contributed by atoms with Crippen molar-refractivity contribution in [3.05, 3.63) is 69.8 Å². The third-order valence-corrected chi connectivity index (χ3v) is 6.24. The Morgan fingerprint density at radius 2 is 1.88 bits per heavy atom. The van der Waals surface area contributed by atoms with Crippen LogP contribution in [0.4, 0.5) is 10.5 Å². The van der Waals surface area contributed by atoms with E-state index in [1.807, 2.05) is 0 Å². The van der Waals surface area contributed by atoms with Gasteiger partial charge in [-0.15, -0.1) is 0 Å². The minimum absolute atomic E-state index is 0.0291. The first kappa shape index (κ1) is 24.8. The molecule has 32 heavy (non-hydrogen) atoms. The highest BCUT2D eigenvalue weighted by molar-refractivity contribution is 7.57. The van der Waals surface area contributed by atoms with Crippen molar-refractivity contribution in [2.24, 2.45) is 0 Å². The van der Waals surface area contributed by atoms with E-state index in [1.165, 1.54) is 6.07 Å². The Labute approximate surface area is 183 Å². The van der Waals surface area contributed by atoms with Crippen LogP contribution in [0, 0.1) is 10.1 Å². The summed E-state index contributed by atoms with van der Waals surface area (Å²) >= 11 is 0. The molecule has 2 unspecified atom stereocenters. The summed E-state index contributed by atoms with van der Waals surface area (Å²) < 4.78 is 22.3. The van der Waals surface area contributed by atoms with Crippen molar-refractivity contribution in [3.63, 3.8) is 0 Å². The number of hydrogen-bond acceptors (Lipinski definition) is 8. The number of nitro benzene ring substituents is 1. The number of methoxy groups -OCH3 is 1. The summed E-state index contributed by atoms with van der Waals surface area (Å²) in [7, 11) is -2.78. The number of benzene rings is 2. The first-order chi connectivity index (χ1) is 15.1. The fraction of sp³-hybridized carbons (Fsp3) is 0.300. The molecule has 11 nitrogen and oxygen atoms in total. The van der Waals surface area contributed by atoms with Crippen molar-refractivity contribution in [2.45, 2.75) is 25.2 Å². The summed E-state index contributed by atoms with van der Waals surface area (Å²) in [5.41, 5.74) is 0.322. The maximum atomic E-state index is 12.6. The van der Waals surface area contributed by atoms with E-state index >= 15 is 0 Å². The maximum absolute atomic E-state index is 12.6. The Morgan fingerprint density at radius 1 is 1.19 bits per heavy atom. The van der Waals surface area contributed by atoms with Crippen LogP contribution in [-0.4, -0.2) is 46.3 Å². The first-order valence-electron chi connectivity index (χ1n) is 9.43. The van der Waals surface area contributed by atoms with Crippen molar-refractivity contribution in [2.75, 3.05) is 13.3 Å². The lowest BCUT2D eigenvalue weighted by Crippen LogP contribution is -2.42. The third kappa shape index (κ3) is 7.68. The van der Waals surface area contributed by atoms with Crippen LogP contribution in [0.15, 0.2) is 48.5 Å². The lowest BCUT2D eigenvalue weighted by molar-refractivity contribution is -0.385. The molecule has 172 valence electrons. The molecule has 2 rings (SSSR count). The maximum Gasteiger partial charge on any atom is 0.408 e. The highest BCUT2D eigenvalue weighted by Crippen LogP contribution is 2.46. The van der Waals surface area contributed by atoms with Crippen LogP contribution in [0.2, 0.25) is 0 Å². The molecule has 0 aliphatic rings. The smallest absolute Gasteiger partial charge is 0.408 e. The van der Waals surface area contributed by atoms with E-state index in [0.717, 1.165) is 24.8 Å². The standard InChI is InChI=1S/C20H23N2O9P/c1-30-19(24)16(21-20(25)31-12-14-5-3-2-4-6-14)9-10-32(28,29)13-15-7-8-18(23)17(11-15)22(26)27/h2-8,11,16,23H,9-10,12-13H2,1H3,(H,21,25)(H,28,29). The van der Waals surface area contributed by atoms with Gasteiger partial charge in [-0.3, -0.25) is 14.7 Å². The molecule has 0 aromatic heterocycles. The number of nitrogens with zero attached hydrogens (tertiary/aromatic N) is 1. The summed E-state index contributed by atoms with van der Waals surface area (Å²) in [5.74, 6) is -1.38. The molecule has 0 spiro atoms. The van der Waals surface area contributed by atoms with Crippen molar-refractivity contribution < 1.29 is 38.6 Å². The average molecular weight is 466 g/mol. The van der Waals surface area contributed by atoms with Crippen LogP contribution < -0.4 is 5.32 Å². The topological polar surface area (TPSA) is 165 Å². The summed E-state index contributed by atoms with van der Waals surface area (Å²) in [5, 5.41) is 22.7. The van der Waals surface area contributed by atoms with Crippen LogP contribution in [0.5, 0.6) is 5.75 Å². The number of rotatable bonds is 10. The number of alkyl carbamates (subject to hydrolysis) is 1. The molecule has 0 aliphatic carbocycles. The first-order valence-corrected chi connectivity index (χ1v) is 11.5. The normalized spacial score (nSPS) is 13.4. The van der Waals surface area contributed by atoms with E-state index in [0.29, 0.717) is 0 Å². The fourth-order valence-corrected chi connectivity index (χ4v) is 4.39. The molecule has 2 atom stereocenters. The van der Waals surface area contributed by atoms with E-state index < -0.39 is 48.0 Å². The zero-order chi connectivity index (χ0) is 23.7. The van der Waals surface area contributed by atoms with Gasteiger partial charge in [0.05, 0.1) is 12.0 Å². The van der Waals surface area contributed by atoms with Crippen molar-refractivity contribution >= 4 is 25.1 Å². The number of esters is 1. The molecule has 12 heteroatoms. The molecule has 2 aromatic carbocycles. The second kappa shape index (κ2) is 11.3. The molecule has 0 heterocycles. The second-order valence-corrected chi connectivity index (χ2v) is 9.33. The van der Waals surface area contributed by atoms with Crippen LogP contribution in [0.3, 0.4) is 0 Å². The van der Waals surface area contributed by atoms with Crippen LogP contribution in [0.1, 0.15) is 17.5 Å². The number of nitrogens with one attached hydrogen (secondary N) is 1. The molecule has 0 bridgehead atoms. The molecule has 2 aromatic rings. The van der Waals surface area contributed by atoms with Crippen LogP contribution in [0.25, 0.3) is 0 Å². The Kier molecular flexibility index (Phi) is 8.74. The molecule has 0 aliphatic heterocycles. The summed E-state index contributed by atoms with van der Waals surface area (Å²) in [4.78, 5) is 44.4. The molecular formula is C20H23N2O9P. The largest absolute Gasteiger partial charge is 0.502 e. The lowest BCUT2D eigenvalue weighted by Gasteiger charge is -2.18. The van der Waals surface area contributed by atoms with E-state index in [2.05, 4.69) is 10.1 Å². The quantitative estimate of drug-likeness (QED) is 0.206. The number of nitro groups is 1. The number of amides is 1. The van der Waals surface area contributed by atoms with Gasteiger partial charge in [-0.05, 0) is 23.6 Å². The van der Waals surface area contributed by atoms with Gasteiger partial charge in [-0.2, -0.15) is 0 Å². The van der Waals surface area contributed by atoms with Gasteiger partial charge in [0, 0.05) is 18.4 Å². The summed E-state index contributed by atoms with van der Waals surface area (Å²) in [6.07, 6.45) is -1.91. The van der Waals surface area contributed by atoms with Gasteiger partial charge in [-0.25, -0.2) is 9.59 Å². The molecule has 0 radical (unpaired) electrons. The molecule has 0 saturated heterocycles. The van der Waals surface area contributed by atoms with Gasteiger partial charge < -0.3 is 24.8 Å². The van der Waals surface area contributed by atoms with E-state index in [-0.39, 0.29) is 24.8 Å². The Balaban J connectivity index is 1.97. The molecular weight excluding hydrogens is 443 g/mol. The van der Waals surface area contributed by atoms with E-state index in [4.69, 9.17) is 4.74 Å². The van der Waals surface area contributed by atoms with Gasteiger partial charge in [0.1, 0.15) is 12.6 Å². The van der Waals surface area contributed by atoms with Gasteiger partial charge in [-0.1, -0.05) is 36.4 Å². The number of ether oxygens (including phenoxy) is 2. The summed E-state index contributed by atoms with van der Waals surface area (Å²) in [6.45, 7) is -0.0291. The third-order valence-electron chi connectivity index (χ3n) is 4.42. The number of phenolic OH excluding ortho intramolecular Hbond substituents is 1. The lowest BCUT2D eigenvalue weighted by atomic mass is 10.2. The van der Waals surface area contributed by atoms with Gasteiger partial charge >= 0.3 is 17.7 Å². The van der Waals surface area contributed by atoms with Crippen molar-refractivity contribution in [1.82, 2.24) is 5.32 Å². The number of carbonyl (C=O) groups excluding carboxylic acids is 2. The minimum Gasteiger partial charge on any atom is -0.502 e. The number of hydrogen-bond donors (Lipinski definition) is 3. The minimum atomic E-state index is -3.89. The van der Waals surface area contributed by atoms with Crippen LogP contribution in [-0.2, 0) is 31.6 Å². The predicted molar refractivity (Wildman–Crippen MR) is 113 cm³/mol. The highest BCUT2D eigenvalue weighted by Gasteiger charge is 2.28. The molecule has 1 amide bonds. The number of phenols is 1. The van der Waals surface area contributed by atoms with Gasteiger partial charge in [0.25, 0.3) is 0 Å². The Hall–Kier alpha value is -3.43. The zero-order valence-corrected chi connectivity index (χ0v) is 18.1. The van der Waals surface area contributed by atoms with Crippen LogP contribution >= 0.6 is 7.37 Å². The highest BCUT2D eigenvalue weighted by atomic mass is 31.2. The van der Waals surface area contributed by atoms with Crippen molar-refractivity contribution in [3.8, 4) is 5.75 Å². The van der Waals surface area contributed by atoms with E-state index in [9.17, 15) is 34.3 Å². The summed E-state index contributed by atoms with van der Waals surface area (Å²) in [6, 6.07) is 11.0. The number of carbonyl (C=O) groups is 2. The second-order valence-electron chi connectivity index (χ2n) is 6.88. The molecule has 0 saturated carbocycles. The number of aromatic hydroxyl groups is 1. The zero-order valence-electron chi connectivity index (χ0n) is 17.2. The Bertz CT molecular complexity index is 1010.